The molecule has 0 heterocycles. The highest BCUT2D eigenvalue weighted by atomic mass is 32.2. The molecule has 0 fully saturated rings. The first-order valence-corrected chi connectivity index (χ1v) is 9.66. The molecule has 0 aliphatic heterocycles. The van der Waals surface area contributed by atoms with E-state index >= 15 is 0 Å². The molecule has 138 valence electrons. The van der Waals surface area contributed by atoms with Gasteiger partial charge in [-0.15, -0.1) is 0 Å². The van der Waals surface area contributed by atoms with Gasteiger partial charge in [-0.05, 0) is 42.8 Å². The molecule has 0 saturated carbocycles. The fourth-order valence-corrected chi connectivity index (χ4v) is 3.32. The Morgan fingerprint density at radius 2 is 1.81 bits per heavy atom. The van der Waals surface area contributed by atoms with Crippen molar-refractivity contribution in [2.45, 2.75) is 18.2 Å². The van der Waals surface area contributed by atoms with Crippen LogP contribution < -0.4 is 14.8 Å². The van der Waals surface area contributed by atoms with E-state index in [0.29, 0.717) is 24.4 Å². The summed E-state index contributed by atoms with van der Waals surface area (Å²) in [6.45, 7) is 2.27. The molecular formula is C19H22N2O4S. The maximum absolute atomic E-state index is 12.0. The number of ether oxygens (including phenoxy) is 1. The molecule has 0 aromatic heterocycles. The molecule has 0 spiro atoms. The van der Waals surface area contributed by atoms with E-state index < -0.39 is 10.0 Å². The number of benzene rings is 2. The molecule has 2 rings (SSSR count). The fraction of sp³-hybridized carbons (Fsp3) is 0.211. The highest BCUT2D eigenvalue weighted by Gasteiger charge is 2.12. The van der Waals surface area contributed by atoms with Crippen LogP contribution in [0.3, 0.4) is 0 Å². The second kappa shape index (κ2) is 9.17. The molecule has 0 aliphatic carbocycles. The molecule has 7 heteroatoms. The third-order valence-corrected chi connectivity index (χ3v) is 5.00. The summed E-state index contributed by atoms with van der Waals surface area (Å²) >= 11 is 0. The van der Waals surface area contributed by atoms with E-state index in [1.165, 1.54) is 18.2 Å². The average molecular weight is 374 g/mol. The van der Waals surface area contributed by atoms with Crippen LogP contribution in [0.2, 0.25) is 0 Å². The predicted molar refractivity (Wildman–Crippen MR) is 103 cm³/mol. The molecular weight excluding hydrogens is 352 g/mol. The van der Waals surface area contributed by atoms with Gasteiger partial charge in [0.25, 0.3) is 0 Å². The van der Waals surface area contributed by atoms with Gasteiger partial charge in [0.1, 0.15) is 5.75 Å². The Morgan fingerprint density at radius 3 is 2.46 bits per heavy atom. The summed E-state index contributed by atoms with van der Waals surface area (Å²) in [6.07, 6.45) is 3.76. The summed E-state index contributed by atoms with van der Waals surface area (Å²) in [5.74, 6) is 0.348. The van der Waals surface area contributed by atoms with Gasteiger partial charge < -0.3 is 10.1 Å². The molecule has 0 atom stereocenters. The third-order valence-electron chi connectivity index (χ3n) is 3.53. The van der Waals surface area contributed by atoms with E-state index in [2.05, 4.69) is 10.0 Å². The van der Waals surface area contributed by atoms with Crippen molar-refractivity contribution in [2.24, 2.45) is 0 Å². The van der Waals surface area contributed by atoms with E-state index in [1.54, 1.807) is 25.3 Å². The Balaban J connectivity index is 2.02. The smallest absolute Gasteiger partial charge is 0.248 e. The molecule has 6 nitrogen and oxygen atoms in total. The van der Waals surface area contributed by atoms with Crippen molar-refractivity contribution in [1.82, 2.24) is 4.72 Å². The molecule has 2 aromatic rings. The van der Waals surface area contributed by atoms with E-state index in [1.807, 2.05) is 31.2 Å². The number of hydrogen-bond donors (Lipinski definition) is 2. The molecule has 0 unspecified atom stereocenters. The van der Waals surface area contributed by atoms with Crippen molar-refractivity contribution < 1.29 is 17.9 Å². The van der Waals surface area contributed by atoms with Crippen LogP contribution in [-0.4, -0.2) is 28.0 Å². The van der Waals surface area contributed by atoms with Crippen LogP contribution in [0.15, 0.2) is 59.5 Å². The molecule has 0 radical (unpaired) electrons. The predicted octanol–water partition coefficient (Wildman–Crippen LogP) is 3.04. The first-order valence-electron chi connectivity index (χ1n) is 8.18. The lowest BCUT2D eigenvalue weighted by Crippen LogP contribution is -2.24. The van der Waals surface area contributed by atoms with Crippen LogP contribution in [0, 0.1) is 0 Å². The number of amides is 1. The Morgan fingerprint density at radius 1 is 1.12 bits per heavy atom. The molecule has 0 bridgehead atoms. The van der Waals surface area contributed by atoms with Gasteiger partial charge in [-0.25, -0.2) is 13.1 Å². The van der Waals surface area contributed by atoms with E-state index in [9.17, 15) is 13.2 Å². The lowest BCUT2D eigenvalue weighted by atomic mass is 10.2. The summed E-state index contributed by atoms with van der Waals surface area (Å²) in [7, 11) is -1.95. The first-order chi connectivity index (χ1) is 12.5. The number of sulfonamides is 1. The number of nitrogens with one attached hydrogen (secondary N) is 2. The lowest BCUT2D eigenvalue weighted by Gasteiger charge is -2.07. The van der Waals surface area contributed by atoms with Crippen molar-refractivity contribution in [3.63, 3.8) is 0 Å². The number of carbonyl (C=O) groups excluding carboxylic acids is 1. The largest absolute Gasteiger partial charge is 0.496 e. The monoisotopic (exact) mass is 374 g/mol. The molecule has 0 saturated heterocycles. The minimum Gasteiger partial charge on any atom is -0.496 e. The standard InChI is InChI=1S/C19H22N2O4S/c1-3-14-20-26(23,24)17-11-9-16(10-12-17)21-19(22)13-8-15-6-4-5-7-18(15)25-2/h4-13,20H,3,14H2,1-2H3,(H,21,22)/b13-8+. The molecule has 2 aromatic carbocycles. The average Bonchev–Trinajstić information content (AvgIpc) is 2.65. The van der Waals surface area contributed by atoms with Gasteiger partial charge in [-0.1, -0.05) is 25.1 Å². The highest BCUT2D eigenvalue weighted by Crippen LogP contribution is 2.19. The summed E-state index contributed by atoms with van der Waals surface area (Å²) in [6, 6.07) is 13.4. The van der Waals surface area contributed by atoms with Gasteiger partial charge in [-0.3, -0.25) is 4.79 Å². The van der Waals surface area contributed by atoms with Crippen LogP contribution >= 0.6 is 0 Å². The zero-order valence-corrected chi connectivity index (χ0v) is 15.5. The van der Waals surface area contributed by atoms with Gasteiger partial charge in [-0.2, -0.15) is 0 Å². The highest BCUT2D eigenvalue weighted by molar-refractivity contribution is 7.89. The number of anilines is 1. The van der Waals surface area contributed by atoms with Crippen LogP contribution in [0.1, 0.15) is 18.9 Å². The summed E-state index contributed by atoms with van der Waals surface area (Å²) < 4.78 is 31.8. The van der Waals surface area contributed by atoms with Crippen molar-refractivity contribution in [3.05, 3.63) is 60.2 Å². The van der Waals surface area contributed by atoms with Crippen LogP contribution in [0.5, 0.6) is 5.75 Å². The minimum atomic E-state index is -3.51. The number of rotatable bonds is 8. The van der Waals surface area contributed by atoms with Crippen LogP contribution in [-0.2, 0) is 14.8 Å². The topological polar surface area (TPSA) is 84.5 Å². The van der Waals surface area contributed by atoms with Crippen molar-refractivity contribution in [1.29, 1.82) is 0 Å². The second-order valence-corrected chi connectivity index (χ2v) is 7.25. The molecule has 26 heavy (non-hydrogen) atoms. The van der Waals surface area contributed by atoms with Crippen molar-refractivity contribution in [2.75, 3.05) is 19.0 Å². The maximum atomic E-state index is 12.0. The van der Waals surface area contributed by atoms with E-state index in [4.69, 9.17) is 4.74 Å². The van der Waals surface area contributed by atoms with Crippen LogP contribution in [0.4, 0.5) is 5.69 Å². The number of para-hydroxylation sites is 1. The Kier molecular flexibility index (Phi) is 6.94. The van der Waals surface area contributed by atoms with Crippen LogP contribution in [0.25, 0.3) is 6.08 Å². The lowest BCUT2D eigenvalue weighted by molar-refractivity contribution is -0.111. The zero-order valence-electron chi connectivity index (χ0n) is 14.7. The fourth-order valence-electron chi connectivity index (χ4n) is 2.19. The molecule has 0 aliphatic rings. The van der Waals surface area contributed by atoms with E-state index in [0.717, 1.165) is 5.56 Å². The van der Waals surface area contributed by atoms with Gasteiger partial charge in [0.2, 0.25) is 15.9 Å². The van der Waals surface area contributed by atoms with Crippen molar-refractivity contribution >= 4 is 27.7 Å². The number of methoxy groups -OCH3 is 1. The maximum Gasteiger partial charge on any atom is 0.248 e. The summed E-state index contributed by atoms with van der Waals surface area (Å²) in [4.78, 5) is 12.2. The number of carbonyl (C=O) groups is 1. The molecule has 2 N–H and O–H groups in total. The summed E-state index contributed by atoms with van der Waals surface area (Å²) in [5, 5.41) is 2.69. The second-order valence-electron chi connectivity index (χ2n) is 5.49. The Hall–Kier alpha value is -2.64. The van der Waals surface area contributed by atoms with Crippen molar-refractivity contribution in [3.8, 4) is 5.75 Å². The van der Waals surface area contributed by atoms with Gasteiger partial charge in [0, 0.05) is 23.9 Å². The number of hydrogen-bond acceptors (Lipinski definition) is 4. The van der Waals surface area contributed by atoms with Gasteiger partial charge >= 0.3 is 0 Å². The summed E-state index contributed by atoms with van der Waals surface area (Å²) in [5.41, 5.74) is 1.29. The van der Waals surface area contributed by atoms with E-state index in [-0.39, 0.29) is 10.8 Å². The normalized spacial score (nSPS) is 11.5. The Bertz CT molecular complexity index is 875. The van der Waals surface area contributed by atoms with Gasteiger partial charge in [0.05, 0.1) is 12.0 Å². The minimum absolute atomic E-state index is 0.161. The molecule has 1 amide bonds. The van der Waals surface area contributed by atoms with Gasteiger partial charge in [0.15, 0.2) is 0 Å². The zero-order chi connectivity index (χ0) is 19.0. The quantitative estimate of drug-likeness (QED) is 0.696. The SMILES string of the molecule is CCCNS(=O)(=O)c1ccc(NC(=O)/C=C/c2ccccc2OC)cc1. The first kappa shape index (κ1) is 19.7. The Labute approximate surface area is 153 Å². The third kappa shape index (κ3) is 5.44.